The van der Waals surface area contributed by atoms with E-state index in [1.165, 1.54) is 5.56 Å². The summed E-state index contributed by atoms with van der Waals surface area (Å²) in [5, 5.41) is 0. The van der Waals surface area contributed by atoms with E-state index in [-0.39, 0.29) is 17.6 Å². The lowest BCUT2D eigenvalue weighted by molar-refractivity contribution is -0.616. The third kappa shape index (κ3) is 3.55. The van der Waals surface area contributed by atoms with E-state index >= 15 is 0 Å². The standard InChI is InChI=1S/C22H25N2O/c1-22(2)23(3)21(25)20(17-19-13-8-5-9-14-19)24(22)16-10-15-18-11-6-4-7-12-18/h4-16,20H,17H2,1-3H3/q+1/b15-10+,24-16-/t20-/m0/s1. The molecule has 0 aromatic heterocycles. The first kappa shape index (κ1) is 17.2. The summed E-state index contributed by atoms with van der Waals surface area (Å²) in [5.41, 5.74) is 1.98. The zero-order valence-corrected chi connectivity index (χ0v) is 15.1. The summed E-state index contributed by atoms with van der Waals surface area (Å²) in [7, 11) is 1.88. The van der Waals surface area contributed by atoms with Crippen LogP contribution in [0.2, 0.25) is 0 Å². The molecule has 3 rings (SSSR count). The van der Waals surface area contributed by atoms with Gasteiger partial charge in [-0.25, -0.2) is 4.58 Å². The minimum absolute atomic E-state index is 0.165. The zero-order chi connectivity index (χ0) is 17.9. The fourth-order valence-corrected chi connectivity index (χ4v) is 3.29. The van der Waals surface area contributed by atoms with Crippen LogP contribution in [0.4, 0.5) is 0 Å². The van der Waals surface area contributed by atoms with Crippen LogP contribution in [-0.2, 0) is 11.2 Å². The highest BCUT2D eigenvalue weighted by atomic mass is 16.2. The summed E-state index contributed by atoms with van der Waals surface area (Å²) >= 11 is 0. The summed E-state index contributed by atoms with van der Waals surface area (Å²) in [5.74, 6) is 0.165. The van der Waals surface area contributed by atoms with E-state index in [1.807, 2.05) is 60.6 Å². The SMILES string of the molecule is CN1C(=O)[C@H](Cc2ccccc2)/[N+](=C/C=C/c2ccccc2)C1(C)C. The van der Waals surface area contributed by atoms with Gasteiger partial charge in [0.2, 0.25) is 11.7 Å². The molecule has 128 valence electrons. The van der Waals surface area contributed by atoms with Gasteiger partial charge in [-0.2, -0.15) is 0 Å². The topological polar surface area (TPSA) is 23.3 Å². The molecule has 0 N–H and O–H groups in total. The summed E-state index contributed by atoms with van der Waals surface area (Å²) in [6, 6.07) is 20.2. The van der Waals surface area contributed by atoms with Crippen molar-refractivity contribution in [3.63, 3.8) is 0 Å². The van der Waals surface area contributed by atoms with Crippen molar-refractivity contribution in [2.75, 3.05) is 7.05 Å². The van der Waals surface area contributed by atoms with Gasteiger partial charge in [-0.15, -0.1) is 0 Å². The molecule has 1 aliphatic heterocycles. The Kier molecular flexibility index (Phi) is 4.84. The Balaban J connectivity index is 1.90. The maximum absolute atomic E-state index is 12.8. The lowest BCUT2D eigenvalue weighted by atomic mass is 10.1. The Morgan fingerprint density at radius 1 is 1.04 bits per heavy atom. The number of nitrogens with zero attached hydrogens (tertiary/aromatic N) is 2. The number of rotatable bonds is 4. The van der Waals surface area contributed by atoms with Gasteiger partial charge in [0.25, 0.3) is 5.91 Å². The Hall–Kier alpha value is -2.68. The molecule has 1 heterocycles. The smallest absolute Gasteiger partial charge is 0.280 e. The first-order chi connectivity index (χ1) is 12.0. The van der Waals surface area contributed by atoms with E-state index in [0.717, 1.165) is 5.56 Å². The number of benzene rings is 2. The minimum Gasteiger partial charge on any atom is -0.280 e. The average Bonchev–Trinajstić information content (AvgIpc) is 2.78. The molecule has 0 spiro atoms. The molecule has 2 aromatic rings. The molecule has 3 heteroatoms. The van der Waals surface area contributed by atoms with Gasteiger partial charge in [0, 0.05) is 33.4 Å². The molecule has 0 aliphatic carbocycles. The molecule has 0 bridgehead atoms. The zero-order valence-electron chi connectivity index (χ0n) is 15.1. The van der Waals surface area contributed by atoms with Crippen molar-refractivity contribution < 1.29 is 9.37 Å². The molecule has 0 unspecified atom stereocenters. The molecular weight excluding hydrogens is 308 g/mol. The number of carbonyl (C=O) groups is 1. The summed E-state index contributed by atoms with van der Waals surface area (Å²) in [6.07, 6.45) is 6.85. The summed E-state index contributed by atoms with van der Waals surface area (Å²) < 4.78 is 2.17. The van der Waals surface area contributed by atoms with Crippen molar-refractivity contribution in [1.82, 2.24) is 4.90 Å². The van der Waals surface area contributed by atoms with Gasteiger partial charge >= 0.3 is 0 Å². The first-order valence-electron chi connectivity index (χ1n) is 8.67. The number of hydrogen-bond donors (Lipinski definition) is 0. The number of hydrogen-bond acceptors (Lipinski definition) is 1. The lowest BCUT2D eigenvalue weighted by Crippen LogP contribution is -2.43. The van der Waals surface area contributed by atoms with Crippen molar-refractivity contribution in [1.29, 1.82) is 0 Å². The van der Waals surface area contributed by atoms with Crippen LogP contribution in [-0.4, -0.2) is 40.3 Å². The highest BCUT2D eigenvalue weighted by Crippen LogP contribution is 2.27. The predicted molar refractivity (Wildman–Crippen MR) is 103 cm³/mol. The van der Waals surface area contributed by atoms with Crippen molar-refractivity contribution in [2.24, 2.45) is 0 Å². The lowest BCUT2D eigenvalue weighted by Gasteiger charge is -2.22. The second-order valence-electron chi connectivity index (χ2n) is 6.92. The molecule has 1 saturated heterocycles. The van der Waals surface area contributed by atoms with Crippen LogP contribution in [0.25, 0.3) is 6.08 Å². The van der Waals surface area contributed by atoms with Crippen LogP contribution in [0.5, 0.6) is 0 Å². The Labute approximate surface area is 149 Å². The molecule has 1 aliphatic rings. The van der Waals surface area contributed by atoms with Gasteiger partial charge in [-0.05, 0) is 17.2 Å². The number of amides is 1. The molecule has 1 atom stereocenters. The Morgan fingerprint density at radius 3 is 2.28 bits per heavy atom. The van der Waals surface area contributed by atoms with Crippen molar-refractivity contribution >= 4 is 18.2 Å². The van der Waals surface area contributed by atoms with E-state index in [0.29, 0.717) is 6.42 Å². The third-order valence-corrected chi connectivity index (χ3v) is 5.01. The van der Waals surface area contributed by atoms with Gasteiger partial charge in [-0.1, -0.05) is 60.7 Å². The van der Waals surface area contributed by atoms with Crippen molar-refractivity contribution in [2.45, 2.75) is 32.0 Å². The quantitative estimate of drug-likeness (QED) is 0.784. The monoisotopic (exact) mass is 333 g/mol. The van der Waals surface area contributed by atoms with Crippen molar-refractivity contribution in [3.8, 4) is 0 Å². The Bertz CT molecular complexity index is 791. The maximum Gasteiger partial charge on any atom is 0.296 e. The van der Waals surface area contributed by atoms with Crippen LogP contribution < -0.4 is 0 Å². The molecule has 0 saturated carbocycles. The van der Waals surface area contributed by atoms with E-state index in [1.54, 1.807) is 0 Å². The van der Waals surface area contributed by atoms with Gasteiger partial charge < -0.3 is 0 Å². The molecule has 0 radical (unpaired) electrons. The molecule has 1 fully saturated rings. The van der Waals surface area contributed by atoms with Crippen LogP contribution in [0.1, 0.15) is 25.0 Å². The van der Waals surface area contributed by atoms with Crippen LogP contribution in [0, 0.1) is 0 Å². The van der Waals surface area contributed by atoms with Crippen molar-refractivity contribution in [3.05, 3.63) is 77.9 Å². The molecule has 3 nitrogen and oxygen atoms in total. The highest BCUT2D eigenvalue weighted by Gasteiger charge is 2.53. The van der Waals surface area contributed by atoms with Crippen LogP contribution >= 0.6 is 0 Å². The molecule has 1 amide bonds. The van der Waals surface area contributed by atoms with Gasteiger partial charge in [-0.3, -0.25) is 9.69 Å². The fraction of sp³-hybridized carbons (Fsp3) is 0.273. The number of carbonyl (C=O) groups excluding carboxylic acids is 1. The molecule has 2 aromatic carbocycles. The number of likely N-dealkylation sites (N-methyl/N-ethyl adjacent to an activating group) is 1. The van der Waals surface area contributed by atoms with Gasteiger partial charge in [0.15, 0.2) is 6.21 Å². The highest BCUT2D eigenvalue weighted by molar-refractivity contribution is 5.85. The third-order valence-electron chi connectivity index (χ3n) is 5.01. The molecule has 25 heavy (non-hydrogen) atoms. The first-order valence-corrected chi connectivity index (χ1v) is 8.67. The van der Waals surface area contributed by atoms with E-state index in [2.05, 4.69) is 48.8 Å². The van der Waals surface area contributed by atoms with E-state index in [4.69, 9.17) is 0 Å². The average molecular weight is 333 g/mol. The van der Waals surface area contributed by atoms with Gasteiger partial charge in [0.05, 0.1) is 0 Å². The largest absolute Gasteiger partial charge is 0.296 e. The van der Waals surface area contributed by atoms with E-state index < -0.39 is 0 Å². The summed E-state index contributed by atoms with van der Waals surface area (Å²) in [4.78, 5) is 14.6. The maximum atomic E-state index is 12.8. The predicted octanol–water partition coefficient (Wildman–Crippen LogP) is 3.60. The van der Waals surface area contributed by atoms with Gasteiger partial charge in [0.1, 0.15) is 0 Å². The Morgan fingerprint density at radius 2 is 1.64 bits per heavy atom. The normalized spacial score (nSPS) is 21.4. The van der Waals surface area contributed by atoms with Crippen LogP contribution in [0.3, 0.4) is 0 Å². The molecular formula is C22H25N2O+. The van der Waals surface area contributed by atoms with Crippen LogP contribution in [0.15, 0.2) is 66.7 Å². The number of allylic oxidation sites excluding steroid dienone is 1. The summed E-state index contributed by atoms with van der Waals surface area (Å²) in [6.45, 7) is 4.17. The second-order valence-corrected chi connectivity index (χ2v) is 6.92. The second kappa shape index (κ2) is 7.06. The minimum atomic E-state index is -0.350. The fourth-order valence-electron chi connectivity index (χ4n) is 3.29. The van der Waals surface area contributed by atoms with E-state index in [9.17, 15) is 4.79 Å².